The van der Waals surface area contributed by atoms with Gasteiger partial charge < -0.3 is 5.32 Å². The Morgan fingerprint density at radius 3 is 2.48 bits per heavy atom. The van der Waals surface area contributed by atoms with Crippen LogP contribution in [0.5, 0.6) is 0 Å². The standard InChI is InChI=1S/C22H22FN5O3/c1-14(28-21(30)11-9-19(26-28)16-4-6-17(23)7-5-16)22(31)24-12-13-27-20(29)10-8-18(25-27)15-2-3-15/h4-11,14-15H,2-3,12-13H2,1H3,(H,24,31). The molecule has 0 aliphatic heterocycles. The van der Waals surface area contributed by atoms with Crippen molar-refractivity contribution in [3.8, 4) is 11.3 Å². The van der Waals surface area contributed by atoms with Crippen molar-refractivity contribution in [3.05, 3.63) is 80.7 Å². The van der Waals surface area contributed by atoms with Crippen molar-refractivity contribution in [3.63, 3.8) is 0 Å². The van der Waals surface area contributed by atoms with E-state index in [1.54, 1.807) is 25.1 Å². The Bertz CT molecular complexity index is 1210. The second kappa shape index (κ2) is 8.63. The molecule has 4 rings (SSSR count). The molecule has 1 fully saturated rings. The van der Waals surface area contributed by atoms with E-state index in [1.807, 2.05) is 0 Å². The lowest BCUT2D eigenvalue weighted by atomic mass is 10.1. The third-order valence-corrected chi connectivity index (χ3v) is 5.22. The largest absolute Gasteiger partial charge is 0.352 e. The molecule has 160 valence electrons. The summed E-state index contributed by atoms with van der Waals surface area (Å²) in [4.78, 5) is 36.8. The Morgan fingerprint density at radius 1 is 1.06 bits per heavy atom. The zero-order valence-electron chi connectivity index (χ0n) is 17.0. The fourth-order valence-electron chi connectivity index (χ4n) is 3.24. The molecule has 8 nitrogen and oxygen atoms in total. The average Bonchev–Trinajstić information content (AvgIpc) is 3.61. The first-order chi connectivity index (χ1) is 14.9. The summed E-state index contributed by atoms with van der Waals surface area (Å²) in [6.45, 7) is 1.99. The normalized spacial score (nSPS) is 14.3. The van der Waals surface area contributed by atoms with E-state index in [1.165, 1.54) is 35.0 Å². The summed E-state index contributed by atoms with van der Waals surface area (Å²) in [7, 11) is 0. The molecule has 1 aromatic carbocycles. The van der Waals surface area contributed by atoms with Gasteiger partial charge >= 0.3 is 0 Å². The summed E-state index contributed by atoms with van der Waals surface area (Å²) in [5, 5.41) is 11.3. The van der Waals surface area contributed by atoms with E-state index in [4.69, 9.17) is 0 Å². The van der Waals surface area contributed by atoms with Gasteiger partial charge in [-0.05, 0) is 56.2 Å². The molecule has 2 aromatic heterocycles. The molecule has 3 aromatic rings. The second-order valence-electron chi connectivity index (χ2n) is 7.57. The maximum atomic E-state index is 13.2. The molecule has 1 aliphatic rings. The van der Waals surface area contributed by atoms with E-state index in [2.05, 4.69) is 15.5 Å². The van der Waals surface area contributed by atoms with E-state index in [0.29, 0.717) is 17.2 Å². The van der Waals surface area contributed by atoms with Crippen LogP contribution in [0.25, 0.3) is 11.3 Å². The van der Waals surface area contributed by atoms with Crippen LogP contribution in [0, 0.1) is 5.82 Å². The first-order valence-electron chi connectivity index (χ1n) is 10.1. The van der Waals surface area contributed by atoms with Gasteiger partial charge in [0.25, 0.3) is 11.1 Å². The van der Waals surface area contributed by atoms with Crippen LogP contribution in [0.2, 0.25) is 0 Å². The maximum Gasteiger partial charge on any atom is 0.267 e. The number of benzene rings is 1. The first-order valence-corrected chi connectivity index (χ1v) is 10.1. The van der Waals surface area contributed by atoms with Crippen LogP contribution < -0.4 is 16.4 Å². The van der Waals surface area contributed by atoms with Gasteiger partial charge in [-0.3, -0.25) is 14.4 Å². The minimum atomic E-state index is -0.865. The van der Waals surface area contributed by atoms with E-state index >= 15 is 0 Å². The third kappa shape index (κ3) is 4.76. The molecule has 0 radical (unpaired) electrons. The second-order valence-corrected chi connectivity index (χ2v) is 7.57. The number of hydrogen-bond acceptors (Lipinski definition) is 5. The van der Waals surface area contributed by atoms with Crippen molar-refractivity contribution in [2.45, 2.75) is 38.3 Å². The van der Waals surface area contributed by atoms with Gasteiger partial charge in [-0.1, -0.05) is 0 Å². The van der Waals surface area contributed by atoms with Gasteiger partial charge in [0.2, 0.25) is 5.91 Å². The van der Waals surface area contributed by atoms with Gasteiger partial charge in [-0.25, -0.2) is 13.8 Å². The highest BCUT2D eigenvalue weighted by Crippen LogP contribution is 2.38. The number of aromatic nitrogens is 4. The van der Waals surface area contributed by atoms with Crippen molar-refractivity contribution in [1.82, 2.24) is 24.9 Å². The van der Waals surface area contributed by atoms with Crippen molar-refractivity contribution < 1.29 is 9.18 Å². The van der Waals surface area contributed by atoms with Crippen molar-refractivity contribution in [2.75, 3.05) is 6.54 Å². The van der Waals surface area contributed by atoms with Crippen LogP contribution in [-0.2, 0) is 11.3 Å². The molecule has 1 N–H and O–H groups in total. The van der Waals surface area contributed by atoms with Crippen molar-refractivity contribution in [2.24, 2.45) is 0 Å². The zero-order chi connectivity index (χ0) is 22.0. The Morgan fingerprint density at radius 2 is 1.77 bits per heavy atom. The van der Waals surface area contributed by atoms with Gasteiger partial charge in [0.05, 0.1) is 17.9 Å². The summed E-state index contributed by atoms with van der Waals surface area (Å²) < 4.78 is 15.6. The first kappa shape index (κ1) is 20.6. The third-order valence-electron chi connectivity index (χ3n) is 5.22. The summed E-state index contributed by atoms with van der Waals surface area (Å²) >= 11 is 0. The smallest absolute Gasteiger partial charge is 0.267 e. The van der Waals surface area contributed by atoms with Gasteiger partial charge in [0.1, 0.15) is 11.9 Å². The van der Waals surface area contributed by atoms with Gasteiger partial charge in [0, 0.05) is 30.2 Å². The summed E-state index contributed by atoms with van der Waals surface area (Å²) in [5.74, 6) is -0.355. The molecule has 1 aliphatic carbocycles. The molecule has 9 heteroatoms. The predicted molar refractivity (Wildman–Crippen MR) is 112 cm³/mol. The summed E-state index contributed by atoms with van der Waals surface area (Å²) in [5.41, 5.74) is 1.32. The summed E-state index contributed by atoms with van der Waals surface area (Å²) in [6, 6.07) is 10.9. The lowest BCUT2D eigenvalue weighted by Gasteiger charge is -2.15. The topological polar surface area (TPSA) is 98.9 Å². The number of halogens is 1. The van der Waals surface area contributed by atoms with Crippen LogP contribution in [-0.4, -0.2) is 32.0 Å². The molecule has 2 heterocycles. The molecule has 1 unspecified atom stereocenters. The molecule has 0 saturated heterocycles. The minimum Gasteiger partial charge on any atom is -0.352 e. The molecule has 1 atom stereocenters. The molecule has 0 spiro atoms. The molecule has 0 bridgehead atoms. The minimum absolute atomic E-state index is 0.191. The van der Waals surface area contributed by atoms with Crippen LogP contribution in [0.1, 0.15) is 37.4 Å². The van der Waals surface area contributed by atoms with E-state index < -0.39 is 17.5 Å². The number of amides is 1. The van der Waals surface area contributed by atoms with Crippen LogP contribution >= 0.6 is 0 Å². The number of carbonyl (C=O) groups is 1. The van der Waals surface area contributed by atoms with Crippen LogP contribution in [0.4, 0.5) is 4.39 Å². The van der Waals surface area contributed by atoms with E-state index in [9.17, 15) is 18.8 Å². The fraction of sp³-hybridized carbons (Fsp3) is 0.318. The SMILES string of the molecule is CC(C(=O)NCCn1nc(C2CC2)ccc1=O)n1nc(-c2ccc(F)cc2)ccc1=O. The van der Waals surface area contributed by atoms with Gasteiger partial charge in [0.15, 0.2) is 0 Å². The Labute approximate surface area is 177 Å². The Kier molecular flexibility index (Phi) is 5.75. The van der Waals surface area contributed by atoms with Crippen molar-refractivity contribution in [1.29, 1.82) is 0 Å². The highest BCUT2D eigenvalue weighted by molar-refractivity contribution is 5.79. The molecule has 1 amide bonds. The number of hydrogen-bond donors (Lipinski definition) is 1. The lowest BCUT2D eigenvalue weighted by Crippen LogP contribution is -2.39. The highest BCUT2D eigenvalue weighted by Gasteiger charge is 2.25. The van der Waals surface area contributed by atoms with Crippen LogP contribution in [0.15, 0.2) is 58.1 Å². The van der Waals surface area contributed by atoms with Crippen molar-refractivity contribution >= 4 is 5.91 Å². The maximum absolute atomic E-state index is 13.2. The Balaban J connectivity index is 1.43. The lowest BCUT2D eigenvalue weighted by molar-refractivity contribution is -0.124. The van der Waals surface area contributed by atoms with E-state index in [-0.39, 0.29) is 24.5 Å². The molecule has 31 heavy (non-hydrogen) atoms. The number of carbonyl (C=O) groups excluding carboxylic acids is 1. The van der Waals surface area contributed by atoms with Gasteiger partial charge in [-0.2, -0.15) is 10.2 Å². The molecular formula is C22H22FN5O3. The highest BCUT2D eigenvalue weighted by atomic mass is 19.1. The van der Waals surface area contributed by atoms with E-state index in [0.717, 1.165) is 23.2 Å². The average molecular weight is 423 g/mol. The quantitative estimate of drug-likeness (QED) is 0.625. The predicted octanol–water partition coefficient (Wildman–Crippen LogP) is 1.86. The zero-order valence-corrected chi connectivity index (χ0v) is 17.0. The Hall–Kier alpha value is -3.62. The summed E-state index contributed by atoms with van der Waals surface area (Å²) in [6.07, 6.45) is 2.16. The van der Waals surface area contributed by atoms with Gasteiger partial charge in [-0.15, -0.1) is 0 Å². The molecular weight excluding hydrogens is 401 g/mol. The van der Waals surface area contributed by atoms with Crippen LogP contribution in [0.3, 0.4) is 0 Å². The number of nitrogens with one attached hydrogen (secondary N) is 1. The number of nitrogens with zero attached hydrogens (tertiary/aromatic N) is 4. The fourth-order valence-corrected chi connectivity index (χ4v) is 3.24. The number of rotatable bonds is 7. The molecule has 1 saturated carbocycles. The monoisotopic (exact) mass is 423 g/mol.